The molecular weight excluding hydrogens is 256 g/mol. The first kappa shape index (κ1) is 17.3. The molecule has 2 aliphatic rings. The zero-order chi connectivity index (χ0) is 15.5. The van der Waals surface area contributed by atoms with E-state index in [1.807, 2.05) is 0 Å². The lowest BCUT2D eigenvalue weighted by molar-refractivity contribution is 0.0496. The van der Waals surface area contributed by atoms with E-state index in [-0.39, 0.29) is 0 Å². The minimum Gasteiger partial charge on any atom is -0.316 e. The van der Waals surface area contributed by atoms with E-state index in [1.165, 1.54) is 64.7 Å². The summed E-state index contributed by atoms with van der Waals surface area (Å²) in [4.78, 5) is 2.79. The Morgan fingerprint density at radius 3 is 2.52 bits per heavy atom. The summed E-state index contributed by atoms with van der Waals surface area (Å²) in [5, 5.41) is 3.79. The first-order chi connectivity index (χ1) is 9.83. The second kappa shape index (κ2) is 7.00. The SMILES string of the molecule is CC(C)CNCC1(CN2CCCC2(C)C)CCCC(C)C1. The van der Waals surface area contributed by atoms with Gasteiger partial charge in [-0.1, -0.05) is 33.6 Å². The maximum absolute atomic E-state index is 3.79. The molecule has 1 N–H and O–H groups in total. The zero-order valence-electron chi connectivity index (χ0n) is 15.2. The highest BCUT2D eigenvalue weighted by molar-refractivity contribution is 4.96. The van der Waals surface area contributed by atoms with Crippen molar-refractivity contribution in [3.8, 4) is 0 Å². The van der Waals surface area contributed by atoms with E-state index in [1.54, 1.807) is 0 Å². The molecule has 1 aliphatic carbocycles. The molecule has 0 bridgehead atoms. The van der Waals surface area contributed by atoms with E-state index in [0.29, 0.717) is 11.0 Å². The summed E-state index contributed by atoms with van der Waals surface area (Å²) in [6, 6.07) is 0. The first-order valence-corrected chi connectivity index (χ1v) is 9.29. The van der Waals surface area contributed by atoms with Gasteiger partial charge in [-0.3, -0.25) is 4.90 Å². The van der Waals surface area contributed by atoms with Gasteiger partial charge in [-0.25, -0.2) is 0 Å². The maximum atomic E-state index is 3.79. The van der Waals surface area contributed by atoms with Crippen LogP contribution >= 0.6 is 0 Å². The molecule has 0 aromatic heterocycles. The molecule has 1 saturated heterocycles. The molecule has 2 rings (SSSR count). The molecule has 2 fully saturated rings. The summed E-state index contributed by atoms with van der Waals surface area (Å²) in [6.45, 7) is 17.0. The average Bonchev–Trinajstić information content (AvgIpc) is 2.68. The van der Waals surface area contributed by atoms with Crippen molar-refractivity contribution in [2.45, 2.75) is 78.7 Å². The molecule has 0 amide bonds. The van der Waals surface area contributed by atoms with Crippen LogP contribution in [-0.4, -0.2) is 36.6 Å². The Bertz CT molecular complexity index is 324. The molecule has 124 valence electrons. The fourth-order valence-electron chi connectivity index (χ4n) is 4.62. The molecular formula is C19H38N2. The van der Waals surface area contributed by atoms with Crippen molar-refractivity contribution in [2.24, 2.45) is 17.3 Å². The van der Waals surface area contributed by atoms with Crippen molar-refractivity contribution in [1.82, 2.24) is 10.2 Å². The molecule has 2 atom stereocenters. The number of hydrogen-bond acceptors (Lipinski definition) is 2. The largest absolute Gasteiger partial charge is 0.316 e. The molecule has 2 heteroatoms. The first-order valence-electron chi connectivity index (χ1n) is 9.29. The fourth-order valence-corrected chi connectivity index (χ4v) is 4.62. The van der Waals surface area contributed by atoms with Crippen LogP contribution in [0.5, 0.6) is 0 Å². The summed E-state index contributed by atoms with van der Waals surface area (Å²) in [6.07, 6.45) is 8.48. The lowest BCUT2D eigenvalue weighted by Gasteiger charge is -2.46. The quantitative estimate of drug-likeness (QED) is 0.785. The molecule has 2 unspecified atom stereocenters. The van der Waals surface area contributed by atoms with Crippen LogP contribution < -0.4 is 5.32 Å². The standard InChI is InChI=1S/C19H38N2/c1-16(2)13-20-14-19(10-6-8-17(3)12-19)15-21-11-7-9-18(21,4)5/h16-17,20H,6-15H2,1-5H3. The van der Waals surface area contributed by atoms with E-state index in [4.69, 9.17) is 0 Å². The van der Waals surface area contributed by atoms with E-state index in [9.17, 15) is 0 Å². The Hall–Kier alpha value is -0.0800. The predicted molar refractivity (Wildman–Crippen MR) is 92.7 cm³/mol. The third-order valence-corrected chi connectivity index (χ3v) is 5.84. The van der Waals surface area contributed by atoms with Crippen molar-refractivity contribution in [2.75, 3.05) is 26.2 Å². The van der Waals surface area contributed by atoms with Crippen molar-refractivity contribution in [1.29, 1.82) is 0 Å². The van der Waals surface area contributed by atoms with Crippen LogP contribution in [0.25, 0.3) is 0 Å². The highest BCUT2D eigenvalue weighted by Gasteiger charge is 2.41. The number of rotatable bonds is 6. The normalized spacial score (nSPS) is 33.7. The summed E-state index contributed by atoms with van der Waals surface area (Å²) in [7, 11) is 0. The minimum atomic E-state index is 0.422. The number of likely N-dealkylation sites (tertiary alicyclic amines) is 1. The predicted octanol–water partition coefficient (Wildman–Crippen LogP) is 4.30. The summed E-state index contributed by atoms with van der Waals surface area (Å²) in [5.41, 5.74) is 0.944. The van der Waals surface area contributed by atoms with Crippen molar-refractivity contribution < 1.29 is 0 Å². The van der Waals surface area contributed by atoms with Crippen molar-refractivity contribution in [3.63, 3.8) is 0 Å². The van der Waals surface area contributed by atoms with Gasteiger partial charge >= 0.3 is 0 Å². The molecule has 1 aliphatic heterocycles. The van der Waals surface area contributed by atoms with Gasteiger partial charge in [0.25, 0.3) is 0 Å². The molecule has 0 radical (unpaired) electrons. The highest BCUT2D eigenvalue weighted by Crippen LogP contribution is 2.42. The van der Waals surface area contributed by atoms with Gasteiger partial charge in [0.2, 0.25) is 0 Å². The number of nitrogens with one attached hydrogen (secondary N) is 1. The van der Waals surface area contributed by atoms with Crippen LogP contribution in [0.15, 0.2) is 0 Å². The number of nitrogens with zero attached hydrogens (tertiary/aromatic N) is 1. The lowest BCUT2D eigenvalue weighted by Crippen LogP contribution is -2.51. The maximum Gasteiger partial charge on any atom is 0.0153 e. The van der Waals surface area contributed by atoms with Gasteiger partial charge in [0.1, 0.15) is 0 Å². The molecule has 0 aromatic carbocycles. The summed E-state index contributed by atoms with van der Waals surface area (Å²) < 4.78 is 0. The second-order valence-corrected chi connectivity index (χ2v) is 9.06. The summed E-state index contributed by atoms with van der Waals surface area (Å²) in [5.74, 6) is 1.66. The van der Waals surface area contributed by atoms with Gasteiger partial charge < -0.3 is 5.32 Å². The molecule has 2 nitrogen and oxygen atoms in total. The van der Waals surface area contributed by atoms with Crippen LogP contribution in [0.2, 0.25) is 0 Å². The smallest absolute Gasteiger partial charge is 0.0153 e. The molecule has 1 saturated carbocycles. The zero-order valence-corrected chi connectivity index (χ0v) is 15.2. The number of hydrogen-bond donors (Lipinski definition) is 1. The van der Waals surface area contributed by atoms with Crippen LogP contribution in [0, 0.1) is 17.3 Å². The topological polar surface area (TPSA) is 15.3 Å². The van der Waals surface area contributed by atoms with Gasteiger partial charge in [-0.2, -0.15) is 0 Å². The monoisotopic (exact) mass is 294 g/mol. The van der Waals surface area contributed by atoms with Crippen LogP contribution in [0.1, 0.15) is 73.1 Å². The van der Waals surface area contributed by atoms with Gasteiger partial charge in [0.05, 0.1) is 0 Å². The van der Waals surface area contributed by atoms with Crippen LogP contribution in [-0.2, 0) is 0 Å². The molecule has 0 spiro atoms. The Morgan fingerprint density at radius 2 is 1.95 bits per heavy atom. The van der Waals surface area contributed by atoms with Crippen LogP contribution in [0.3, 0.4) is 0 Å². The van der Waals surface area contributed by atoms with E-state index >= 15 is 0 Å². The lowest BCUT2D eigenvalue weighted by atomic mass is 9.69. The molecule has 21 heavy (non-hydrogen) atoms. The highest BCUT2D eigenvalue weighted by atomic mass is 15.2. The Labute approximate surface area is 133 Å². The van der Waals surface area contributed by atoms with E-state index in [0.717, 1.165) is 11.8 Å². The minimum absolute atomic E-state index is 0.422. The van der Waals surface area contributed by atoms with Crippen molar-refractivity contribution in [3.05, 3.63) is 0 Å². The van der Waals surface area contributed by atoms with E-state index < -0.39 is 0 Å². The fraction of sp³-hybridized carbons (Fsp3) is 1.00. The van der Waals surface area contributed by atoms with Gasteiger partial charge in [0.15, 0.2) is 0 Å². The van der Waals surface area contributed by atoms with E-state index in [2.05, 4.69) is 44.8 Å². The summed E-state index contributed by atoms with van der Waals surface area (Å²) >= 11 is 0. The Balaban J connectivity index is 2.01. The van der Waals surface area contributed by atoms with Gasteiger partial charge in [0, 0.05) is 18.6 Å². The van der Waals surface area contributed by atoms with Crippen molar-refractivity contribution >= 4 is 0 Å². The Kier molecular flexibility index (Phi) is 5.76. The third-order valence-electron chi connectivity index (χ3n) is 5.84. The van der Waals surface area contributed by atoms with Gasteiger partial charge in [-0.15, -0.1) is 0 Å². The average molecular weight is 295 g/mol. The second-order valence-electron chi connectivity index (χ2n) is 9.06. The molecule has 1 heterocycles. The van der Waals surface area contributed by atoms with Gasteiger partial charge in [-0.05, 0) is 69.9 Å². The van der Waals surface area contributed by atoms with Crippen LogP contribution in [0.4, 0.5) is 0 Å². The third kappa shape index (κ3) is 4.69. The molecule has 0 aromatic rings. The Morgan fingerprint density at radius 1 is 1.19 bits per heavy atom.